The monoisotopic (exact) mass is 313 g/mol. The van der Waals surface area contributed by atoms with Gasteiger partial charge in [-0.15, -0.1) is 0 Å². The van der Waals surface area contributed by atoms with Gasteiger partial charge >= 0.3 is 0 Å². The van der Waals surface area contributed by atoms with Crippen LogP contribution in [0.3, 0.4) is 0 Å². The molecule has 0 fully saturated rings. The Labute approximate surface area is 141 Å². The quantitative estimate of drug-likeness (QED) is 0.548. The first-order valence-electron chi connectivity index (χ1n) is 8.95. The van der Waals surface area contributed by atoms with Crippen molar-refractivity contribution in [2.75, 3.05) is 13.1 Å². The maximum absolute atomic E-state index is 5.92. The van der Waals surface area contributed by atoms with Gasteiger partial charge < -0.3 is 4.42 Å². The molecule has 2 nitrogen and oxygen atoms in total. The highest BCUT2D eigenvalue weighted by Crippen LogP contribution is 2.31. The molecule has 126 valence electrons. The Morgan fingerprint density at radius 3 is 2.04 bits per heavy atom. The Kier molecular flexibility index (Phi) is 8.42. The van der Waals surface area contributed by atoms with Gasteiger partial charge in [-0.25, -0.2) is 0 Å². The van der Waals surface area contributed by atoms with Crippen LogP contribution in [0.25, 0.3) is 21.9 Å². The van der Waals surface area contributed by atoms with Gasteiger partial charge in [-0.05, 0) is 30.8 Å². The lowest BCUT2D eigenvalue weighted by Gasteiger charge is -2.18. The standard InChI is InChI=1S/C17H19NO.2C2H6/c1-3-18(4-2)12-13-8-7-11-16-17(13)14-9-5-6-10-15(14)19-16;2*1-2/h5-11H,3-4,12H2,1-2H3;2*1-2H3. The summed E-state index contributed by atoms with van der Waals surface area (Å²) in [6, 6.07) is 14.6. The van der Waals surface area contributed by atoms with Crippen molar-refractivity contribution in [1.29, 1.82) is 0 Å². The Bertz CT molecular complexity index is 695. The molecular weight excluding hydrogens is 282 g/mol. The average molecular weight is 313 g/mol. The molecule has 1 heterocycles. The molecule has 0 atom stereocenters. The van der Waals surface area contributed by atoms with Crippen LogP contribution >= 0.6 is 0 Å². The van der Waals surface area contributed by atoms with E-state index in [1.165, 1.54) is 16.3 Å². The van der Waals surface area contributed by atoms with Crippen molar-refractivity contribution < 1.29 is 4.42 Å². The van der Waals surface area contributed by atoms with Crippen LogP contribution in [0, 0.1) is 0 Å². The Balaban J connectivity index is 0.000000615. The zero-order chi connectivity index (χ0) is 17.2. The molecule has 0 aliphatic carbocycles. The van der Waals surface area contributed by atoms with Crippen LogP contribution in [0.4, 0.5) is 0 Å². The SMILES string of the molecule is CC.CC.CCN(CC)Cc1cccc2oc3ccccc3c12. The third kappa shape index (κ3) is 4.35. The summed E-state index contributed by atoms with van der Waals surface area (Å²) in [4.78, 5) is 2.43. The number of para-hydroxylation sites is 1. The zero-order valence-corrected chi connectivity index (χ0v) is 15.5. The molecule has 2 aromatic carbocycles. The molecule has 0 saturated heterocycles. The second-order valence-corrected chi connectivity index (χ2v) is 4.85. The van der Waals surface area contributed by atoms with Gasteiger partial charge in [0.2, 0.25) is 0 Å². The van der Waals surface area contributed by atoms with Crippen LogP contribution < -0.4 is 0 Å². The van der Waals surface area contributed by atoms with Gasteiger partial charge in [-0.2, -0.15) is 0 Å². The minimum Gasteiger partial charge on any atom is -0.456 e. The van der Waals surface area contributed by atoms with Gasteiger partial charge in [-0.3, -0.25) is 4.90 Å². The summed E-state index contributed by atoms with van der Waals surface area (Å²) in [5.74, 6) is 0. The molecule has 0 N–H and O–H groups in total. The molecule has 3 rings (SSSR count). The number of benzene rings is 2. The number of rotatable bonds is 4. The van der Waals surface area contributed by atoms with Crippen molar-refractivity contribution in [1.82, 2.24) is 4.90 Å². The number of hydrogen-bond donors (Lipinski definition) is 0. The average Bonchev–Trinajstić information content (AvgIpc) is 3.02. The van der Waals surface area contributed by atoms with E-state index in [2.05, 4.69) is 49.1 Å². The number of furan rings is 1. The number of nitrogens with zero attached hydrogens (tertiary/aromatic N) is 1. The van der Waals surface area contributed by atoms with Crippen LogP contribution in [0.15, 0.2) is 46.9 Å². The molecule has 0 unspecified atom stereocenters. The van der Waals surface area contributed by atoms with E-state index in [9.17, 15) is 0 Å². The Hall–Kier alpha value is -1.80. The van der Waals surface area contributed by atoms with E-state index in [4.69, 9.17) is 4.42 Å². The fraction of sp³-hybridized carbons (Fsp3) is 0.429. The minimum atomic E-state index is 0.976. The largest absolute Gasteiger partial charge is 0.456 e. The summed E-state index contributed by atoms with van der Waals surface area (Å²) in [6.45, 7) is 15.5. The smallest absolute Gasteiger partial charge is 0.135 e. The molecule has 0 bridgehead atoms. The molecule has 2 heteroatoms. The lowest BCUT2D eigenvalue weighted by molar-refractivity contribution is 0.297. The van der Waals surface area contributed by atoms with Gasteiger partial charge in [0.1, 0.15) is 11.2 Å². The summed E-state index contributed by atoms with van der Waals surface area (Å²) in [5.41, 5.74) is 3.32. The van der Waals surface area contributed by atoms with E-state index in [1.54, 1.807) is 0 Å². The third-order valence-corrected chi connectivity index (χ3v) is 3.78. The van der Waals surface area contributed by atoms with E-state index < -0.39 is 0 Å². The highest BCUT2D eigenvalue weighted by molar-refractivity contribution is 6.06. The summed E-state index contributed by atoms with van der Waals surface area (Å²) < 4.78 is 5.92. The molecule has 23 heavy (non-hydrogen) atoms. The van der Waals surface area contributed by atoms with Gasteiger partial charge in [0, 0.05) is 17.3 Å². The molecule has 1 aromatic heterocycles. The zero-order valence-electron chi connectivity index (χ0n) is 15.5. The molecule has 0 spiro atoms. The summed E-state index contributed by atoms with van der Waals surface area (Å²) in [6.07, 6.45) is 0. The van der Waals surface area contributed by atoms with Crippen molar-refractivity contribution >= 4 is 21.9 Å². The summed E-state index contributed by atoms with van der Waals surface area (Å²) in [5, 5.41) is 2.49. The van der Waals surface area contributed by atoms with E-state index in [0.29, 0.717) is 0 Å². The van der Waals surface area contributed by atoms with Crippen LogP contribution in [0.5, 0.6) is 0 Å². The molecule has 0 amide bonds. The second-order valence-electron chi connectivity index (χ2n) is 4.85. The highest BCUT2D eigenvalue weighted by Gasteiger charge is 2.11. The van der Waals surface area contributed by atoms with Crippen LogP contribution in [-0.2, 0) is 6.54 Å². The van der Waals surface area contributed by atoms with Crippen LogP contribution in [0.1, 0.15) is 47.1 Å². The fourth-order valence-electron chi connectivity index (χ4n) is 2.67. The summed E-state index contributed by atoms with van der Waals surface area (Å²) in [7, 11) is 0. The maximum Gasteiger partial charge on any atom is 0.135 e. The van der Waals surface area contributed by atoms with E-state index in [1.807, 2.05) is 39.8 Å². The molecule has 0 aliphatic heterocycles. The Morgan fingerprint density at radius 2 is 1.39 bits per heavy atom. The molecule has 0 radical (unpaired) electrons. The minimum absolute atomic E-state index is 0.976. The van der Waals surface area contributed by atoms with Gasteiger partial charge in [0.25, 0.3) is 0 Å². The first-order valence-corrected chi connectivity index (χ1v) is 8.95. The lowest BCUT2D eigenvalue weighted by Crippen LogP contribution is -2.22. The van der Waals surface area contributed by atoms with Crippen molar-refractivity contribution in [2.45, 2.75) is 48.1 Å². The van der Waals surface area contributed by atoms with E-state index >= 15 is 0 Å². The molecule has 3 aromatic rings. The first kappa shape index (κ1) is 19.2. The predicted molar refractivity (Wildman–Crippen MR) is 103 cm³/mol. The number of hydrogen-bond acceptors (Lipinski definition) is 2. The van der Waals surface area contributed by atoms with Crippen molar-refractivity contribution in [2.24, 2.45) is 0 Å². The van der Waals surface area contributed by atoms with E-state index in [-0.39, 0.29) is 0 Å². The van der Waals surface area contributed by atoms with Crippen LogP contribution in [0.2, 0.25) is 0 Å². The molecule has 0 aliphatic rings. The molecular formula is C21H31NO. The van der Waals surface area contributed by atoms with Gasteiger partial charge in [0.05, 0.1) is 0 Å². The van der Waals surface area contributed by atoms with Crippen LogP contribution in [-0.4, -0.2) is 18.0 Å². The van der Waals surface area contributed by atoms with Crippen molar-refractivity contribution in [3.8, 4) is 0 Å². The fourth-order valence-corrected chi connectivity index (χ4v) is 2.67. The lowest BCUT2D eigenvalue weighted by atomic mass is 10.1. The third-order valence-electron chi connectivity index (χ3n) is 3.78. The number of fused-ring (bicyclic) bond motifs is 3. The predicted octanol–water partition coefficient (Wildman–Crippen LogP) is 6.48. The second kappa shape index (κ2) is 10.1. The Morgan fingerprint density at radius 1 is 0.783 bits per heavy atom. The summed E-state index contributed by atoms with van der Waals surface area (Å²) >= 11 is 0. The molecule has 0 saturated carbocycles. The highest BCUT2D eigenvalue weighted by atomic mass is 16.3. The van der Waals surface area contributed by atoms with Crippen molar-refractivity contribution in [3.63, 3.8) is 0 Å². The topological polar surface area (TPSA) is 16.4 Å². The van der Waals surface area contributed by atoms with Gasteiger partial charge in [-0.1, -0.05) is 71.9 Å². The van der Waals surface area contributed by atoms with Gasteiger partial charge in [0.15, 0.2) is 0 Å². The maximum atomic E-state index is 5.92. The first-order chi connectivity index (χ1) is 11.3. The van der Waals surface area contributed by atoms with E-state index in [0.717, 1.165) is 30.8 Å². The normalized spacial score (nSPS) is 10.2. The van der Waals surface area contributed by atoms with Crippen molar-refractivity contribution in [3.05, 3.63) is 48.0 Å².